The first-order chi connectivity index (χ1) is 15.8. The molecule has 0 aromatic heterocycles. The minimum atomic E-state index is -0.397. The van der Waals surface area contributed by atoms with Gasteiger partial charge in [0.05, 0.1) is 86.4 Å². The number of esters is 1. The molecule has 0 aliphatic heterocycles. The van der Waals surface area contributed by atoms with Gasteiger partial charge in [-0.1, -0.05) is 39.0 Å². The molecule has 0 aliphatic rings. The van der Waals surface area contributed by atoms with Crippen LogP contribution in [0.15, 0.2) is 0 Å². The van der Waals surface area contributed by atoms with Crippen molar-refractivity contribution in [1.82, 2.24) is 0 Å². The van der Waals surface area contributed by atoms with Crippen LogP contribution in [-0.2, 0) is 42.7 Å². The molecule has 192 valence electrons. The van der Waals surface area contributed by atoms with E-state index < -0.39 is 5.97 Å². The van der Waals surface area contributed by atoms with Gasteiger partial charge in [-0.05, 0) is 6.42 Å². The number of rotatable bonds is 27. The van der Waals surface area contributed by atoms with Crippen molar-refractivity contribution in [1.29, 1.82) is 0 Å². The van der Waals surface area contributed by atoms with E-state index >= 15 is 0 Å². The molecular formula is C23H46O9. The Labute approximate surface area is 194 Å². The third-order valence-corrected chi connectivity index (χ3v) is 4.32. The third-order valence-electron chi connectivity index (χ3n) is 4.32. The van der Waals surface area contributed by atoms with Crippen molar-refractivity contribution in [2.75, 3.05) is 99.6 Å². The largest absolute Gasteiger partial charge is 0.467 e. The summed E-state index contributed by atoms with van der Waals surface area (Å²) >= 11 is 0. The number of unbranched alkanes of at least 4 members (excludes halogenated alkanes) is 5. The van der Waals surface area contributed by atoms with Crippen LogP contribution in [0.1, 0.15) is 45.4 Å². The monoisotopic (exact) mass is 466 g/mol. The average molecular weight is 467 g/mol. The summed E-state index contributed by atoms with van der Waals surface area (Å²) in [5.74, 6) is -0.397. The molecule has 0 saturated heterocycles. The fourth-order valence-corrected chi connectivity index (χ4v) is 2.52. The van der Waals surface area contributed by atoms with Crippen LogP contribution in [0, 0.1) is 0 Å². The molecule has 0 fully saturated rings. The Morgan fingerprint density at radius 2 is 0.812 bits per heavy atom. The zero-order valence-corrected chi connectivity index (χ0v) is 20.3. The molecule has 0 spiro atoms. The molecule has 0 unspecified atom stereocenters. The lowest BCUT2D eigenvalue weighted by Crippen LogP contribution is -2.15. The lowest BCUT2D eigenvalue weighted by Gasteiger charge is -2.08. The van der Waals surface area contributed by atoms with Crippen LogP contribution in [0.2, 0.25) is 0 Å². The zero-order valence-electron chi connectivity index (χ0n) is 20.3. The summed E-state index contributed by atoms with van der Waals surface area (Å²) in [6.45, 7) is 9.15. The minimum absolute atomic E-state index is 0.0568. The summed E-state index contributed by atoms with van der Waals surface area (Å²) in [6.07, 6.45) is 7.68. The molecule has 0 atom stereocenters. The summed E-state index contributed by atoms with van der Waals surface area (Å²) in [6, 6.07) is 0. The Bertz CT molecular complexity index is 369. The van der Waals surface area contributed by atoms with Gasteiger partial charge in [-0.15, -0.1) is 0 Å². The molecule has 0 N–H and O–H groups in total. The van der Waals surface area contributed by atoms with Crippen molar-refractivity contribution in [2.24, 2.45) is 0 Å². The number of carbonyl (C=O) groups is 1. The van der Waals surface area contributed by atoms with Crippen LogP contribution in [-0.4, -0.2) is 106 Å². The number of methoxy groups -OCH3 is 1. The summed E-state index contributed by atoms with van der Waals surface area (Å²) in [4.78, 5) is 10.8. The van der Waals surface area contributed by atoms with Gasteiger partial charge in [0.2, 0.25) is 0 Å². The normalized spacial score (nSPS) is 11.2. The highest BCUT2D eigenvalue weighted by atomic mass is 16.6. The second-order valence-corrected chi connectivity index (χ2v) is 7.07. The molecule has 0 radical (unpaired) electrons. The molecule has 0 amide bonds. The molecule has 9 heteroatoms. The summed E-state index contributed by atoms with van der Waals surface area (Å²) in [5, 5.41) is 0. The average Bonchev–Trinajstić information content (AvgIpc) is 2.81. The van der Waals surface area contributed by atoms with Crippen LogP contribution in [0.5, 0.6) is 0 Å². The molecule has 32 heavy (non-hydrogen) atoms. The van der Waals surface area contributed by atoms with E-state index in [4.69, 9.17) is 33.2 Å². The molecule has 0 aromatic rings. The lowest BCUT2D eigenvalue weighted by atomic mass is 10.1. The second-order valence-electron chi connectivity index (χ2n) is 7.07. The Kier molecular flexibility index (Phi) is 27.5. The summed E-state index contributed by atoms with van der Waals surface area (Å²) < 4.78 is 42.1. The molecule has 0 bridgehead atoms. The third kappa shape index (κ3) is 27.2. The maximum atomic E-state index is 10.8. The molecular weight excluding hydrogens is 420 g/mol. The van der Waals surface area contributed by atoms with E-state index in [1.807, 2.05) is 0 Å². The van der Waals surface area contributed by atoms with Gasteiger partial charge < -0.3 is 37.9 Å². The van der Waals surface area contributed by atoms with Crippen LogP contribution < -0.4 is 0 Å². The van der Waals surface area contributed by atoms with Crippen molar-refractivity contribution in [3.8, 4) is 0 Å². The topological polar surface area (TPSA) is 90.9 Å². The van der Waals surface area contributed by atoms with Crippen LogP contribution in [0.25, 0.3) is 0 Å². The summed E-state index contributed by atoms with van der Waals surface area (Å²) in [7, 11) is 1.32. The maximum absolute atomic E-state index is 10.8. The van der Waals surface area contributed by atoms with E-state index in [0.29, 0.717) is 79.3 Å². The number of hydrogen-bond acceptors (Lipinski definition) is 9. The molecule has 0 rings (SSSR count). The van der Waals surface area contributed by atoms with Crippen LogP contribution in [0.4, 0.5) is 0 Å². The van der Waals surface area contributed by atoms with Crippen molar-refractivity contribution in [3.63, 3.8) is 0 Å². The Hall–Kier alpha value is -0.810. The van der Waals surface area contributed by atoms with Gasteiger partial charge in [0.15, 0.2) is 0 Å². The quantitative estimate of drug-likeness (QED) is 0.134. The highest BCUT2D eigenvalue weighted by Crippen LogP contribution is 2.04. The Morgan fingerprint density at radius 1 is 0.469 bits per heavy atom. The van der Waals surface area contributed by atoms with E-state index in [9.17, 15) is 4.79 Å². The van der Waals surface area contributed by atoms with E-state index in [2.05, 4.69) is 11.7 Å². The van der Waals surface area contributed by atoms with Crippen LogP contribution in [0.3, 0.4) is 0 Å². The molecule has 0 aromatic carbocycles. The number of hydrogen-bond donors (Lipinski definition) is 0. The van der Waals surface area contributed by atoms with Gasteiger partial charge in [0.1, 0.15) is 6.61 Å². The maximum Gasteiger partial charge on any atom is 0.331 e. The first kappa shape index (κ1) is 31.2. The standard InChI is InChI=1S/C23H46O9/c1-3-4-5-6-7-8-9-26-10-11-27-12-13-28-14-15-29-16-17-30-18-19-31-20-21-32-22-23(24)25-2/h3-22H2,1-2H3. The zero-order chi connectivity index (χ0) is 23.4. The SMILES string of the molecule is CCCCCCCCOCCOCCOCCOCCOCCOCCOCC(=O)OC. The fourth-order valence-electron chi connectivity index (χ4n) is 2.52. The predicted molar refractivity (Wildman–Crippen MR) is 121 cm³/mol. The van der Waals surface area contributed by atoms with Crippen LogP contribution >= 0.6 is 0 Å². The van der Waals surface area contributed by atoms with Gasteiger partial charge in [-0.3, -0.25) is 0 Å². The second kappa shape index (κ2) is 28.2. The van der Waals surface area contributed by atoms with E-state index in [1.54, 1.807) is 0 Å². The van der Waals surface area contributed by atoms with Gasteiger partial charge in [0.25, 0.3) is 0 Å². The lowest BCUT2D eigenvalue weighted by molar-refractivity contribution is -0.146. The number of ether oxygens (including phenoxy) is 8. The predicted octanol–water partition coefficient (Wildman–Crippen LogP) is 2.64. The minimum Gasteiger partial charge on any atom is -0.467 e. The van der Waals surface area contributed by atoms with Crippen molar-refractivity contribution < 1.29 is 42.7 Å². The highest BCUT2D eigenvalue weighted by molar-refractivity contribution is 5.70. The van der Waals surface area contributed by atoms with Gasteiger partial charge in [-0.25, -0.2) is 4.79 Å². The smallest absolute Gasteiger partial charge is 0.331 e. The highest BCUT2D eigenvalue weighted by Gasteiger charge is 1.99. The summed E-state index contributed by atoms with van der Waals surface area (Å²) in [5.41, 5.74) is 0. The Morgan fingerprint density at radius 3 is 1.22 bits per heavy atom. The molecule has 0 saturated carbocycles. The van der Waals surface area contributed by atoms with Gasteiger partial charge >= 0.3 is 5.97 Å². The van der Waals surface area contributed by atoms with Crippen molar-refractivity contribution >= 4 is 5.97 Å². The Balaban J connectivity index is 3.02. The van der Waals surface area contributed by atoms with Gasteiger partial charge in [0, 0.05) is 6.61 Å². The number of carbonyl (C=O) groups excluding carboxylic acids is 1. The molecule has 0 aliphatic carbocycles. The van der Waals surface area contributed by atoms with Gasteiger partial charge in [-0.2, -0.15) is 0 Å². The molecule has 9 nitrogen and oxygen atoms in total. The molecule has 0 heterocycles. The van der Waals surface area contributed by atoms with Crippen molar-refractivity contribution in [3.05, 3.63) is 0 Å². The fraction of sp³-hybridized carbons (Fsp3) is 0.957. The first-order valence-corrected chi connectivity index (χ1v) is 11.9. The first-order valence-electron chi connectivity index (χ1n) is 11.9. The van der Waals surface area contributed by atoms with E-state index in [-0.39, 0.29) is 6.61 Å². The van der Waals surface area contributed by atoms with E-state index in [1.165, 1.54) is 39.2 Å². The van der Waals surface area contributed by atoms with E-state index in [0.717, 1.165) is 13.0 Å². The van der Waals surface area contributed by atoms with Crippen molar-refractivity contribution in [2.45, 2.75) is 45.4 Å².